The summed E-state index contributed by atoms with van der Waals surface area (Å²) in [6.45, 7) is 5.66. The molecule has 2 fully saturated rings. The van der Waals surface area contributed by atoms with E-state index in [0.717, 1.165) is 25.2 Å². The summed E-state index contributed by atoms with van der Waals surface area (Å²) in [5.74, 6) is 0.573. The van der Waals surface area contributed by atoms with Crippen molar-refractivity contribution < 1.29 is 19.1 Å². The van der Waals surface area contributed by atoms with E-state index in [1.807, 2.05) is 29.2 Å². The average Bonchev–Trinajstić information content (AvgIpc) is 3.27. The van der Waals surface area contributed by atoms with Crippen molar-refractivity contribution >= 4 is 17.4 Å². The molecule has 0 radical (unpaired) electrons. The molecule has 3 heterocycles. The highest BCUT2D eigenvalue weighted by molar-refractivity contribution is 5.95. The smallest absolute Gasteiger partial charge is 0.255 e. The van der Waals surface area contributed by atoms with Crippen LogP contribution in [0.25, 0.3) is 0 Å². The molecule has 1 atom stereocenters. The summed E-state index contributed by atoms with van der Waals surface area (Å²) in [6.07, 6.45) is 2.49. The Morgan fingerprint density at radius 1 is 1.03 bits per heavy atom. The number of amides is 1. The van der Waals surface area contributed by atoms with E-state index in [4.69, 9.17) is 9.47 Å². The van der Waals surface area contributed by atoms with Crippen molar-refractivity contribution in [2.45, 2.75) is 19.4 Å². The minimum atomic E-state index is -0.0140. The number of piperazine rings is 1. The van der Waals surface area contributed by atoms with Gasteiger partial charge in [-0.1, -0.05) is 0 Å². The number of carbonyl (C=O) groups is 2. The molecule has 29 heavy (non-hydrogen) atoms. The van der Waals surface area contributed by atoms with Crippen molar-refractivity contribution in [3.8, 4) is 5.88 Å². The molecule has 7 nitrogen and oxygen atoms in total. The Morgan fingerprint density at radius 3 is 2.34 bits per heavy atom. The lowest BCUT2D eigenvalue weighted by Crippen LogP contribution is -2.48. The zero-order valence-corrected chi connectivity index (χ0v) is 16.5. The Labute approximate surface area is 170 Å². The highest BCUT2D eigenvalue weighted by Crippen LogP contribution is 2.19. The molecule has 2 aromatic rings. The van der Waals surface area contributed by atoms with E-state index in [1.54, 1.807) is 25.3 Å². The number of hydrogen-bond acceptors (Lipinski definition) is 6. The van der Waals surface area contributed by atoms with E-state index < -0.39 is 0 Å². The molecule has 152 valence electrons. The van der Waals surface area contributed by atoms with Crippen LogP contribution < -0.4 is 9.64 Å². The fourth-order valence-electron chi connectivity index (χ4n) is 3.61. The number of Topliss-reactive ketones (excluding diaryl/α,β-unsaturated/α-hetero) is 1. The SMILES string of the molecule is CC(=O)c1ccc(N2CCN(C(=O)c3ccc(OC4CCOC4)nc3)CC2)cc1. The van der Waals surface area contributed by atoms with E-state index >= 15 is 0 Å². The molecule has 2 aliphatic heterocycles. The van der Waals surface area contributed by atoms with Crippen LogP contribution in [-0.2, 0) is 4.74 Å². The number of rotatable bonds is 5. The number of benzene rings is 1. The lowest BCUT2D eigenvalue weighted by Gasteiger charge is -2.36. The third-order valence-electron chi connectivity index (χ3n) is 5.36. The molecular weight excluding hydrogens is 370 g/mol. The number of pyridine rings is 1. The lowest BCUT2D eigenvalue weighted by molar-refractivity contribution is 0.0746. The largest absolute Gasteiger partial charge is 0.472 e. The second-order valence-electron chi connectivity index (χ2n) is 7.37. The van der Waals surface area contributed by atoms with Gasteiger partial charge in [-0.25, -0.2) is 4.98 Å². The van der Waals surface area contributed by atoms with Crippen molar-refractivity contribution in [2.75, 3.05) is 44.3 Å². The third kappa shape index (κ3) is 4.56. The van der Waals surface area contributed by atoms with Crippen LogP contribution in [-0.4, -0.2) is 67.1 Å². The zero-order chi connectivity index (χ0) is 20.2. The predicted octanol–water partition coefficient (Wildman–Crippen LogP) is 2.41. The number of anilines is 1. The summed E-state index contributed by atoms with van der Waals surface area (Å²) >= 11 is 0. The topological polar surface area (TPSA) is 72.0 Å². The summed E-state index contributed by atoms with van der Waals surface area (Å²) in [5.41, 5.74) is 2.35. The number of ketones is 1. The molecule has 2 aliphatic rings. The van der Waals surface area contributed by atoms with Crippen LogP contribution in [0.2, 0.25) is 0 Å². The van der Waals surface area contributed by atoms with Crippen molar-refractivity contribution in [1.82, 2.24) is 9.88 Å². The fraction of sp³-hybridized carbons (Fsp3) is 0.409. The monoisotopic (exact) mass is 395 g/mol. The summed E-state index contributed by atoms with van der Waals surface area (Å²) in [6, 6.07) is 11.1. The standard InChI is InChI=1S/C22H25N3O4/c1-16(26)17-2-5-19(6-3-17)24-9-11-25(12-10-24)22(27)18-4-7-21(23-14-18)29-20-8-13-28-15-20/h2-7,14,20H,8-13,15H2,1H3. The molecule has 0 saturated carbocycles. The minimum absolute atomic E-state index is 0.0140. The van der Waals surface area contributed by atoms with Crippen LogP contribution in [0.3, 0.4) is 0 Å². The fourth-order valence-corrected chi connectivity index (χ4v) is 3.61. The first-order valence-electron chi connectivity index (χ1n) is 9.96. The van der Waals surface area contributed by atoms with E-state index in [1.165, 1.54) is 0 Å². The highest BCUT2D eigenvalue weighted by Gasteiger charge is 2.23. The quantitative estimate of drug-likeness (QED) is 0.724. The third-order valence-corrected chi connectivity index (χ3v) is 5.36. The molecule has 0 aliphatic carbocycles. The van der Waals surface area contributed by atoms with Crippen LogP contribution in [0.5, 0.6) is 5.88 Å². The first-order chi connectivity index (χ1) is 14.1. The Bertz CT molecular complexity index is 853. The molecule has 1 unspecified atom stereocenters. The van der Waals surface area contributed by atoms with E-state index in [2.05, 4.69) is 9.88 Å². The maximum atomic E-state index is 12.8. The molecule has 2 saturated heterocycles. The number of aromatic nitrogens is 1. The van der Waals surface area contributed by atoms with Gasteiger partial charge >= 0.3 is 0 Å². The van der Waals surface area contributed by atoms with E-state index in [-0.39, 0.29) is 17.8 Å². The van der Waals surface area contributed by atoms with Gasteiger partial charge in [0.15, 0.2) is 5.78 Å². The lowest BCUT2D eigenvalue weighted by atomic mass is 10.1. The van der Waals surface area contributed by atoms with Crippen LogP contribution in [0, 0.1) is 0 Å². The Hall–Kier alpha value is -2.93. The number of ether oxygens (including phenoxy) is 2. The normalized spacial score (nSPS) is 19.3. The van der Waals surface area contributed by atoms with Gasteiger partial charge in [0, 0.05) is 56.1 Å². The molecular formula is C22H25N3O4. The van der Waals surface area contributed by atoms with Gasteiger partial charge in [0.1, 0.15) is 6.10 Å². The molecule has 7 heteroatoms. The second kappa shape index (κ2) is 8.61. The summed E-state index contributed by atoms with van der Waals surface area (Å²) in [7, 11) is 0. The zero-order valence-electron chi connectivity index (χ0n) is 16.5. The summed E-state index contributed by atoms with van der Waals surface area (Å²) in [4.78, 5) is 32.6. The minimum Gasteiger partial charge on any atom is -0.472 e. The van der Waals surface area contributed by atoms with Gasteiger partial charge < -0.3 is 19.3 Å². The molecule has 1 aromatic heterocycles. The molecule has 0 N–H and O–H groups in total. The van der Waals surface area contributed by atoms with Crippen molar-refractivity contribution in [1.29, 1.82) is 0 Å². The number of carbonyl (C=O) groups excluding carboxylic acids is 2. The van der Waals surface area contributed by atoms with Gasteiger partial charge in [0.2, 0.25) is 5.88 Å². The van der Waals surface area contributed by atoms with Gasteiger partial charge in [-0.2, -0.15) is 0 Å². The van der Waals surface area contributed by atoms with Crippen molar-refractivity contribution in [3.63, 3.8) is 0 Å². The second-order valence-corrected chi connectivity index (χ2v) is 7.37. The first-order valence-corrected chi connectivity index (χ1v) is 9.96. The average molecular weight is 395 g/mol. The Morgan fingerprint density at radius 2 is 1.76 bits per heavy atom. The van der Waals surface area contributed by atoms with E-state index in [0.29, 0.717) is 43.3 Å². The van der Waals surface area contributed by atoms with Gasteiger partial charge in [-0.05, 0) is 37.3 Å². The van der Waals surface area contributed by atoms with Gasteiger partial charge in [0.25, 0.3) is 5.91 Å². The van der Waals surface area contributed by atoms with Gasteiger partial charge in [0.05, 0.1) is 18.8 Å². The summed E-state index contributed by atoms with van der Waals surface area (Å²) < 4.78 is 11.0. The molecule has 0 spiro atoms. The summed E-state index contributed by atoms with van der Waals surface area (Å²) in [5, 5.41) is 0. The van der Waals surface area contributed by atoms with Crippen LogP contribution in [0.4, 0.5) is 5.69 Å². The first kappa shape index (κ1) is 19.4. The van der Waals surface area contributed by atoms with Crippen molar-refractivity contribution in [2.24, 2.45) is 0 Å². The van der Waals surface area contributed by atoms with Crippen LogP contribution in [0.1, 0.15) is 34.1 Å². The Kier molecular flexibility index (Phi) is 5.76. The maximum Gasteiger partial charge on any atom is 0.255 e. The molecule has 1 amide bonds. The number of hydrogen-bond donors (Lipinski definition) is 0. The maximum absolute atomic E-state index is 12.8. The van der Waals surface area contributed by atoms with Crippen LogP contribution >= 0.6 is 0 Å². The molecule has 4 rings (SSSR count). The van der Waals surface area contributed by atoms with Gasteiger partial charge in [-0.3, -0.25) is 9.59 Å². The van der Waals surface area contributed by atoms with E-state index in [9.17, 15) is 9.59 Å². The highest BCUT2D eigenvalue weighted by atomic mass is 16.5. The Balaban J connectivity index is 1.32. The predicted molar refractivity (Wildman–Crippen MR) is 109 cm³/mol. The van der Waals surface area contributed by atoms with Crippen LogP contribution in [0.15, 0.2) is 42.6 Å². The molecule has 0 bridgehead atoms. The van der Waals surface area contributed by atoms with Crippen molar-refractivity contribution in [3.05, 3.63) is 53.7 Å². The number of nitrogens with zero attached hydrogens (tertiary/aromatic N) is 3. The van der Waals surface area contributed by atoms with Gasteiger partial charge in [-0.15, -0.1) is 0 Å². The molecule has 1 aromatic carbocycles.